The molecule has 1 N–H and O–H groups in total. The fourth-order valence-corrected chi connectivity index (χ4v) is 1.66. The molecule has 0 aromatic carbocycles. The minimum absolute atomic E-state index is 0.446. The summed E-state index contributed by atoms with van der Waals surface area (Å²) in [6, 6.07) is 0. The summed E-state index contributed by atoms with van der Waals surface area (Å²) in [4.78, 5) is 0. The molecule has 0 saturated heterocycles. The molecule has 0 fully saturated rings. The summed E-state index contributed by atoms with van der Waals surface area (Å²) in [7, 11) is 0. The number of rotatable bonds is 6. The minimum atomic E-state index is -1.57. The third-order valence-corrected chi connectivity index (χ3v) is 2.60. The molecule has 0 aliphatic rings. The first-order valence-electron chi connectivity index (χ1n) is 3.41. The molecular weight excluding hydrogens is 263 g/mol. The van der Waals surface area contributed by atoms with Crippen LogP contribution in [-0.2, 0) is 11.1 Å². The van der Waals surface area contributed by atoms with Crippen LogP contribution in [-0.4, -0.2) is 18.9 Å². The van der Waals surface area contributed by atoms with E-state index in [0.717, 1.165) is 12.8 Å². The molecule has 62 valence electrons. The van der Waals surface area contributed by atoms with Crippen LogP contribution >= 0.6 is 22.6 Å². The van der Waals surface area contributed by atoms with Crippen LogP contribution in [0.25, 0.3) is 0 Å². The summed E-state index contributed by atoms with van der Waals surface area (Å²) in [5.41, 5.74) is 0. The maximum atomic E-state index is 10.1. The molecule has 1 unspecified atom stereocenters. The second-order valence-corrected chi connectivity index (χ2v) is 4.26. The topological polar surface area (TPSA) is 37.3 Å². The van der Waals surface area contributed by atoms with Gasteiger partial charge in [-0.25, -0.2) is 4.21 Å². The molecule has 10 heavy (non-hydrogen) atoms. The third-order valence-electron chi connectivity index (χ3n) is 1.20. The Morgan fingerprint density at radius 1 is 1.20 bits per heavy atom. The maximum Gasteiger partial charge on any atom is 0.152 e. The van der Waals surface area contributed by atoms with E-state index in [-0.39, 0.29) is 0 Å². The van der Waals surface area contributed by atoms with Gasteiger partial charge in [-0.15, -0.1) is 0 Å². The van der Waals surface area contributed by atoms with Gasteiger partial charge in [0.15, 0.2) is 11.1 Å². The Morgan fingerprint density at radius 3 is 2.30 bits per heavy atom. The lowest BCUT2D eigenvalue weighted by molar-refractivity contribution is 0.558. The number of hydrogen-bond donors (Lipinski definition) is 1. The van der Waals surface area contributed by atoms with Gasteiger partial charge in [-0.2, -0.15) is 0 Å². The van der Waals surface area contributed by atoms with Crippen molar-refractivity contribution in [3.05, 3.63) is 0 Å². The van der Waals surface area contributed by atoms with Gasteiger partial charge in [-0.3, -0.25) is 0 Å². The smallest absolute Gasteiger partial charge is 0.152 e. The first kappa shape index (κ1) is 10.8. The Balaban J connectivity index is 2.84. The highest BCUT2D eigenvalue weighted by molar-refractivity contribution is 14.1. The van der Waals surface area contributed by atoms with Crippen molar-refractivity contribution in [3.8, 4) is 0 Å². The number of alkyl halides is 1. The van der Waals surface area contributed by atoms with Crippen molar-refractivity contribution >= 4 is 33.7 Å². The van der Waals surface area contributed by atoms with E-state index in [0.29, 0.717) is 5.75 Å². The van der Waals surface area contributed by atoms with Crippen molar-refractivity contribution in [3.63, 3.8) is 0 Å². The van der Waals surface area contributed by atoms with Crippen molar-refractivity contribution < 1.29 is 8.76 Å². The second-order valence-electron chi connectivity index (χ2n) is 2.13. The Bertz CT molecular complexity index is 97.7. The van der Waals surface area contributed by atoms with Gasteiger partial charge in [0.2, 0.25) is 0 Å². The fourth-order valence-electron chi connectivity index (χ4n) is 0.674. The quantitative estimate of drug-likeness (QED) is 0.349. The molecule has 0 aliphatic heterocycles. The molecule has 0 rings (SSSR count). The molecule has 0 aliphatic carbocycles. The standard InChI is InChI=1S/C6H13IO2S/c7-5-3-1-2-4-6-10(8)9/h1-6H2,(H,8,9). The highest BCUT2D eigenvalue weighted by atomic mass is 127. The molecule has 0 saturated carbocycles. The molecule has 0 amide bonds. The molecule has 1 atom stereocenters. The Morgan fingerprint density at radius 2 is 1.80 bits per heavy atom. The zero-order valence-electron chi connectivity index (χ0n) is 5.88. The van der Waals surface area contributed by atoms with E-state index in [1.165, 1.54) is 17.3 Å². The maximum absolute atomic E-state index is 10.1. The van der Waals surface area contributed by atoms with Gasteiger partial charge in [0, 0.05) is 5.75 Å². The molecular formula is C6H13IO2S. The number of unbranched alkanes of at least 4 members (excludes halogenated alkanes) is 3. The normalized spacial score (nSPS) is 13.4. The van der Waals surface area contributed by atoms with Gasteiger partial charge in [0.1, 0.15) is 0 Å². The van der Waals surface area contributed by atoms with Crippen molar-refractivity contribution in [2.75, 3.05) is 10.2 Å². The van der Waals surface area contributed by atoms with Crippen molar-refractivity contribution in [1.82, 2.24) is 0 Å². The number of hydrogen-bond acceptors (Lipinski definition) is 1. The SMILES string of the molecule is O=S(O)CCCCCCI. The lowest BCUT2D eigenvalue weighted by atomic mass is 10.2. The fraction of sp³-hybridized carbons (Fsp3) is 1.00. The summed E-state index contributed by atoms with van der Waals surface area (Å²) in [6.07, 6.45) is 4.41. The van der Waals surface area contributed by atoms with Gasteiger partial charge in [0.05, 0.1) is 0 Å². The molecule has 4 heteroatoms. The van der Waals surface area contributed by atoms with Crippen molar-refractivity contribution in [1.29, 1.82) is 0 Å². The molecule has 0 radical (unpaired) electrons. The monoisotopic (exact) mass is 276 g/mol. The van der Waals surface area contributed by atoms with E-state index in [2.05, 4.69) is 22.6 Å². The lowest BCUT2D eigenvalue weighted by Gasteiger charge is -1.95. The van der Waals surface area contributed by atoms with E-state index in [9.17, 15) is 4.21 Å². The van der Waals surface area contributed by atoms with Gasteiger partial charge >= 0.3 is 0 Å². The van der Waals surface area contributed by atoms with Crippen LogP contribution in [0.3, 0.4) is 0 Å². The minimum Gasteiger partial charge on any atom is -0.306 e. The van der Waals surface area contributed by atoms with E-state index in [4.69, 9.17) is 4.55 Å². The second kappa shape index (κ2) is 7.94. The summed E-state index contributed by atoms with van der Waals surface area (Å²) in [6.45, 7) is 0. The highest BCUT2D eigenvalue weighted by Crippen LogP contribution is 2.02. The van der Waals surface area contributed by atoms with Crippen LogP contribution in [0.1, 0.15) is 25.7 Å². The van der Waals surface area contributed by atoms with Gasteiger partial charge in [0.25, 0.3) is 0 Å². The van der Waals surface area contributed by atoms with Crippen LogP contribution in [0.2, 0.25) is 0 Å². The Labute approximate surface area is 78.2 Å². The first-order chi connectivity index (χ1) is 4.77. The van der Waals surface area contributed by atoms with Crippen molar-refractivity contribution in [2.45, 2.75) is 25.7 Å². The van der Waals surface area contributed by atoms with Crippen LogP contribution < -0.4 is 0 Å². The van der Waals surface area contributed by atoms with Gasteiger partial charge < -0.3 is 4.55 Å². The predicted octanol–water partition coefficient (Wildman–Crippen LogP) is 2.20. The molecule has 2 nitrogen and oxygen atoms in total. The van der Waals surface area contributed by atoms with Gasteiger partial charge in [-0.05, 0) is 17.3 Å². The molecule has 0 bridgehead atoms. The Kier molecular flexibility index (Phi) is 8.61. The van der Waals surface area contributed by atoms with E-state index in [1.807, 2.05) is 0 Å². The highest BCUT2D eigenvalue weighted by Gasteiger charge is 1.92. The van der Waals surface area contributed by atoms with Crippen LogP contribution in [0, 0.1) is 0 Å². The summed E-state index contributed by atoms with van der Waals surface area (Å²) in [5, 5.41) is 0. The largest absolute Gasteiger partial charge is 0.306 e. The third kappa shape index (κ3) is 8.84. The van der Waals surface area contributed by atoms with Gasteiger partial charge in [-0.1, -0.05) is 35.4 Å². The predicted molar refractivity (Wildman–Crippen MR) is 53.0 cm³/mol. The van der Waals surface area contributed by atoms with Crippen LogP contribution in [0.15, 0.2) is 0 Å². The molecule has 0 heterocycles. The lowest BCUT2D eigenvalue weighted by Crippen LogP contribution is -1.94. The van der Waals surface area contributed by atoms with E-state index < -0.39 is 11.1 Å². The summed E-state index contributed by atoms with van der Waals surface area (Å²) >= 11 is 0.770. The Hall–Kier alpha value is 0.840. The molecule has 0 aromatic rings. The zero-order valence-corrected chi connectivity index (χ0v) is 8.86. The molecule has 0 spiro atoms. The molecule has 0 aromatic heterocycles. The summed E-state index contributed by atoms with van der Waals surface area (Å²) in [5.74, 6) is 0.446. The number of halogens is 1. The van der Waals surface area contributed by atoms with E-state index >= 15 is 0 Å². The van der Waals surface area contributed by atoms with Crippen LogP contribution in [0.4, 0.5) is 0 Å². The summed E-state index contributed by atoms with van der Waals surface area (Å²) < 4.78 is 19.7. The van der Waals surface area contributed by atoms with E-state index in [1.54, 1.807) is 0 Å². The van der Waals surface area contributed by atoms with Crippen molar-refractivity contribution in [2.24, 2.45) is 0 Å². The van der Waals surface area contributed by atoms with Crippen LogP contribution in [0.5, 0.6) is 0 Å². The average Bonchev–Trinajstić information content (AvgIpc) is 1.87. The first-order valence-corrected chi connectivity index (χ1v) is 6.21. The average molecular weight is 276 g/mol. The zero-order chi connectivity index (χ0) is 7.82.